The molecule has 1 aliphatic heterocycles. The first-order valence-electron chi connectivity index (χ1n) is 9.85. The lowest BCUT2D eigenvalue weighted by Gasteiger charge is -2.42. The van der Waals surface area contributed by atoms with Crippen LogP contribution in [0.25, 0.3) is 0 Å². The summed E-state index contributed by atoms with van der Waals surface area (Å²) in [5.74, 6) is 0.875. The Morgan fingerprint density at radius 2 is 1.85 bits per heavy atom. The van der Waals surface area contributed by atoms with E-state index >= 15 is 0 Å². The monoisotopic (exact) mass is 365 g/mol. The highest BCUT2D eigenvalue weighted by Gasteiger charge is 2.51. The van der Waals surface area contributed by atoms with Crippen LogP contribution < -0.4 is 4.74 Å². The maximum absolute atomic E-state index is 12.8. The fourth-order valence-electron chi connectivity index (χ4n) is 4.87. The summed E-state index contributed by atoms with van der Waals surface area (Å²) >= 11 is 0. The van der Waals surface area contributed by atoms with Gasteiger partial charge in [0.15, 0.2) is 0 Å². The molecule has 0 spiro atoms. The maximum Gasteiger partial charge on any atom is 0.410 e. The first-order chi connectivity index (χ1) is 13.2. The lowest BCUT2D eigenvalue weighted by molar-refractivity contribution is 0.0774. The van der Waals surface area contributed by atoms with Crippen molar-refractivity contribution in [2.45, 2.75) is 50.2 Å². The largest absolute Gasteiger partial charge is 0.497 e. The van der Waals surface area contributed by atoms with E-state index in [0.717, 1.165) is 37.1 Å². The second-order valence-electron chi connectivity index (χ2n) is 7.63. The molecule has 1 amide bonds. The van der Waals surface area contributed by atoms with Crippen molar-refractivity contribution in [1.29, 1.82) is 0 Å². The lowest BCUT2D eigenvalue weighted by Crippen LogP contribution is -2.47. The zero-order chi connectivity index (χ0) is 18.7. The number of benzene rings is 2. The summed E-state index contributed by atoms with van der Waals surface area (Å²) in [5.41, 5.74) is 2.40. The van der Waals surface area contributed by atoms with Gasteiger partial charge in [0.25, 0.3) is 0 Å². The van der Waals surface area contributed by atoms with Crippen LogP contribution in [0.2, 0.25) is 0 Å². The Hall–Kier alpha value is -2.49. The Labute approximate surface area is 161 Å². The Bertz CT molecular complexity index is 774. The second-order valence-corrected chi connectivity index (χ2v) is 7.63. The minimum Gasteiger partial charge on any atom is -0.497 e. The number of carbonyl (C=O) groups excluding carboxylic acids is 1. The van der Waals surface area contributed by atoms with E-state index in [-0.39, 0.29) is 17.6 Å². The topological polar surface area (TPSA) is 38.8 Å². The van der Waals surface area contributed by atoms with Crippen LogP contribution in [0.3, 0.4) is 0 Å². The molecule has 142 valence electrons. The average molecular weight is 365 g/mol. The van der Waals surface area contributed by atoms with Gasteiger partial charge in [0.2, 0.25) is 0 Å². The zero-order valence-corrected chi connectivity index (χ0v) is 15.9. The van der Waals surface area contributed by atoms with Gasteiger partial charge in [-0.3, -0.25) is 0 Å². The molecule has 0 radical (unpaired) electrons. The summed E-state index contributed by atoms with van der Waals surface area (Å²) in [6.07, 6.45) is 5.39. The minimum absolute atomic E-state index is 0.0519. The number of nitrogens with zero attached hydrogens (tertiary/aromatic N) is 1. The molecule has 0 unspecified atom stereocenters. The van der Waals surface area contributed by atoms with Gasteiger partial charge in [0.05, 0.1) is 7.11 Å². The average Bonchev–Trinajstić information content (AvgIpc) is 3.14. The van der Waals surface area contributed by atoms with Crippen LogP contribution >= 0.6 is 0 Å². The molecular formula is C23H27NO3. The molecule has 0 bridgehead atoms. The third-order valence-corrected chi connectivity index (χ3v) is 6.27. The Kier molecular flexibility index (Phi) is 5.06. The normalized spacial score (nSPS) is 24.3. The van der Waals surface area contributed by atoms with Gasteiger partial charge in [-0.2, -0.15) is 0 Å². The number of hydrogen-bond acceptors (Lipinski definition) is 3. The zero-order valence-electron chi connectivity index (χ0n) is 15.9. The van der Waals surface area contributed by atoms with Gasteiger partial charge in [0.1, 0.15) is 12.4 Å². The van der Waals surface area contributed by atoms with Gasteiger partial charge in [0, 0.05) is 18.0 Å². The molecule has 4 rings (SSSR count). The van der Waals surface area contributed by atoms with Crippen molar-refractivity contribution in [2.75, 3.05) is 13.7 Å². The molecule has 1 heterocycles. The smallest absolute Gasteiger partial charge is 0.410 e. The van der Waals surface area contributed by atoms with Crippen molar-refractivity contribution in [2.24, 2.45) is 0 Å². The SMILES string of the molecule is COc1ccc([C@@]23CCCC[C@@H]2N(C(=O)OCc2ccccc2)CC3)cc1. The van der Waals surface area contributed by atoms with Gasteiger partial charge in [-0.25, -0.2) is 4.79 Å². The number of fused-ring (bicyclic) bond motifs is 1. The summed E-state index contributed by atoms with van der Waals surface area (Å²) in [4.78, 5) is 14.8. The van der Waals surface area contributed by atoms with Crippen LogP contribution in [0, 0.1) is 0 Å². The molecule has 1 aliphatic carbocycles. The maximum atomic E-state index is 12.8. The number of carbonyl (C=O) groups is 1. The highest BCUT2D eigenvalue weighted by molar-refractivity contribution is 5.69. The van der Waals surface area contributed by atoms with Crippen molar-refractivity contribution >= 4 is 6.09 Å². The lowest BCUT2D eigenvalue weighted by atomic mass is 9.66. The van der Waals surface area contributed by atoms with Gasteiger partial charge in [-0.15, -0.1) is 0 Å². The Balaban J connectivity index is 1.51. The Morgan fingerprint density at radius 3 is 2.59 bits per heavy atom. The number of ether oxygens (including phenoxy) is 2. The number of hydrogen-bond donors (Lipinski definition) is 0. The van der Waals surface area contributed by atoms with Gasteiger partial charge in [-0.1, -0.05) is 55.3 Å². The predicted molar refractivity (Wildman–Crippen MR) is 105 cm³/mol. The summed E-state index contributed by atoms with van der Waals surface area (Å²) in [6, 6.07) is 18.5. The first-order valence-corrected chi connectivity index (χ1v) is 9.85. The van der Waals surface area contributed by atoms with Crippen LogP contribution in [-0.4, -0.2) is 30.7 Å². The number of methoxy groups -OCH3 is 1. The van der Waals surface area contributed by atoms with Crippen LogP contribution in [0.15, 0.2) is 54.6 Å². The van der Waals surface area contributed by atoms with E-state index in [1.54, 1.807) is 7.11 Å². The van der Waals surface area contributed by atoms with Crippen LogP contribution in [0.5, 0.6) is 5.75 Å². The van der Waals surface area contributed by atoms with Crippen molar-refractivity contribution in [3.8, 4) is 5.75 Å². The molecule has 27 heavy (non-hydrogen) atoms. The highest BCUT2D eigenvalue weighted by atomic mass is 16.6. The minimum atomic E-state index is -0.180. The molecule has 4 nitrogen and oxygen atoms in total. The second kappa shape index (κ2) is 7.63. The van der Waals surface area contributed by atoms with Gasteiger partial charge < -0.3 is 14.4 Å². The van der Waals surface area contributed by atoms with Gasteiger partial charge in [-0.05, 0) is 42.5 Å². The molecule has 2 atom stereocenters. The van der Waals surface area contributed by atoms with E-state index in [2.05, 4.69) is 12.1 Å². The third-order valence-electron chi connectivity index (χ3n) is 6.27. The molecule has 1 saturated carbocycles. The standard InChI is InChI=1S/C23H27NO3/c1-26-20-12-10-19(11-13-20)23-14-6-5-9-21(23)24(16-15-23)22(25)27-17-18-7-3-2-4-8-18/h2-4,7-8,10-13,21H,5-6,9,14-17H2,1H3/t21-,23-/m0/s1. The van der Waals surface area contributed by atoms with E-state index in [1.165, 1.54) is 18.4 Å². The number of likely N-dealkylation sites (tertiary alicyclic amines) is 1. The molecule has 0 N–H and O–H groups in total. The number of amides is 1. The third kappa shape index (κ3) is 3.41. The highest BCUT2D eigenvalue weighted by Crippen LogP contribution is 2.49. The van der Waals surface area contributed by atoms with Crippen LogP contribution in [0.1, 0.15) is 43.2 Å². The summed E-state index contributed by atoms with van der Waals surface area (Å²) < 4.78 is 11.0. The van der Waals surface area contributed by atoms with E-state index in [1.807, 2.05) is 47.4 Å². The van der Waals surface area contributed by atoms with E-state index < -0.39 is 0 Å². The molecule has 0 aromatic heterocycles. The van der Waals surface area contributed by atoms with Crippen LogP contribution in [-0.2, 0) is 16.8 Å². The van der Waals surface area contributed by atoms with E-state index in [9.17, 15) is 4.79 Å². The van der Waals surface area contributed by atoms with E-state index in [4.69, 9.17) is 9.47 Å². The fourth-order valence-corrected chi connectivity index (χ4v) is 4.87. The molecule has 2 aliphatic rings. The predicted octanol–water partition coefficient (Wildman–Crippen LogP) is 4.92. The summed E-state index contributed by atoms with van der Waals surface area (Å²) in [7, 11) is 1.69. The van der Waals surface area contributed by atoms with Crippen molar-refractivity contribution in [1.82, 2.24) is 4.90 Å². The summed E-state index contributed by atoms with van der Waals surface area (Å²) in [6.45, 7) is 1.10. The fraction of sp³-hybridized carbons (Fsp3) is 0.435. The number of rotatable bonds is 4. The molecule has 2 fully saturated rings. The molecule has 1 saturated heterocycles. The van der Waals surface area contributed by atoms with Crippen molar-refractivity contribution in [3.05, 3.63) is 65.7 Å². The van der Waals surface area contributed by atoms with Gasteiger partial charge >= 0.3 is 6.09 Å². The Morgan fingerprint density at radius 1 is 1.07 bits per heavy atom. The molecule has 4 heteroatoms. The quantitative estimate of drug-likeness (QED) is 0.772. The van der Waals surface area contributed by atoms with Crippen molar-refractivity contribution in [3.63, 3.8) is 0 Å². The molecule has 2 aromatic carbocycles. The van der Waals surface area contributed by atoms with Crippen molar-refractivity contribution < 1.29 is 14.3 Å². The molecular weight excluding hydrogens is 338 g/mol. The first kappa shape index (κ1) is 17.9. The summed E-state index contributed by atoms with van der Waals surface area (Å²) in [5, 5.41) is 0. The van der Waals surface area contributed by atoms with E-state index in [0.29, 0.717) is 6.61 Å². The molecule has 2 aromatic rings. The van der Waals surface area contributed by atoms with Crippen LogP contribution in [0.4, 0.5) is 4.79 Å².